The minimum absolute atomic E-state index is 0.360. The van der Waals surface area contributed by atoms with Gasteiger partial charge in [-0.25, -0.2) is 0 Å². The second kappa shape index (κ2) is 6.76. The summed E-state index contributed by atoms with van der Waals surface area (Å²) in [5.74, 6) is 0.755. The van der Waals surface area contributed by atoms with Gasteiger partial charge in [-0.3, -0.25) is 4.68 Å². The molecular formula is C16H19N3O. The van der Waals surface area contributed by atoms with Gasteiger partial charge in [-0.2, -0.15) is 10.4 Å². The highest BCUT2D eigenvalue weighted by atomic mass is 16.5. The van der Waals surface area contributed by atoms with Gasteiger partial charge < -0.3 is 4.74 Å². The van der Waals surface area contributed by atoms with Gasteiger partial charge in [0.2, 0.25) is 0 Å². The predicted molar refractivity (Wildman–Crippen MR) is 78.4 cm³/mol. The van der Waals surface area contributed by atoms with Gasteiger partial charge in [0.1, 0.15) is 5.75 Å². The van der Waals surface area contributed by atoms with E-state index < -0.39 is 0 Å². The molecule has 1 aromatic carbocycles. The molecule has 4 heteroatoms. The summed E-state index contributed by atoms with van der Waals surface area (Å²) >= 11 is 0. The van der Waals surface area contributed by atoms with Crippen LogP contribution in [0.15, 0.2) is 30.6 Å². The van der Waals surface area contributed by atoms with Gasteiger partial charge in [0, 0.05) is 23.9 Å². The van der Waals surface area contributed by atoms with Gasteiger partial charge in [-0.05, 0) is 18.1 Å². The number of rotatable bonds is 6. The molecule has 1 heterocycles. The third-order valence-electron chi connectivity index (χ3n) is 3.26. The minimum Gasteiger partial charge on any atom is -0.496 e. The molecule has 0 bridgehead atoms. The molecule has 104 valence electrons. The second-order valence-corrected chi connectivity index (χ2v) is 4.71. The molecule has 2 aromatic rings. The molecule has 0 saturated carbocycles. The molecule has 0 aliphatic rings. The summed E-state index contributed by atoms with van der Waals surface area (Å²) in [5, 5.41) is 13.2. The fraction of sp³-hybridized carbons (Fsp3) is 0.375. The highest BCUT2D eigenvalue weighted by molar-refractivity contribution is 5.65. The van der Waals surface area contributed by atoms with Crippen molar-refractivity contribution < 1.29 is 4.74 Å². The van der Waals surface area contributed by atoms with Crippen LogP contribution in [-0.4, -0.2) is 16.9 Å². The molecular weight excluding hydrogens is 250 g/mol. The molecule has 0 saturated heterocycles. The zero-order valence-electron chi connectivity index (χ0n) is 12.0. The number of nitriles is 1. The first-order chi connectivity index (χ1) is 9.78. The molecule has 20 heavy (non-hydrogen) atoms. The van der Waals surface area contributed by atoms with Crippen LogP contribution in [-0.2, 0) is 13.0 Å². The van der Waals surface area contributed by atoms with Crippen LogP contribution in [0.1, 0.15) is 25.3 Å². The van der Waals surface area contributed by atoms with Crippen molar-refractivity contribution in [3.8, 4) is 22.9 Å². The Morgan fingerprint density at radius 1 is 1.35 bits per heavy atom. The lowest BCUT2D eigenvalue weighted by Gasteiger charge is -2.07. The van der Waals surface area contributed by atoms with Crippen LogP contribution in [0.5, 0.6) is 5.75 Å². The Balaban J connectivity index is 2.24. The molecule has 0 aliphatic carbocycles. The first kappa shape index (κ1) is 14.1. The molecule has 0 atom stereocenters. The van der Waals surface area contributed by atoms with E-state index in [0.29, 0.717) is 6.42 Å². The standard InChI is InChI=1S/C16H19N3O/c1-3-4-9-19-12-15(11-18-19)14-6-5-13(7-8-17)16(10-14)20-2/h5-6,10-12H,3-4,7,9H2,1-2H3. The number of methoxy groups -OCH3 is 1. The van der Waals surface area contributed by atoms with Crippen LogP contribution in [0.4, 0.5) is 0 Å². The van der Waals surface area contributed by atoms with E-state index in [-0.39, 0.29) is 0 Å². The minimum atomic E-state index is 0.360. The van der Waals surface area contributed by atoms with Crippen molar-refractivity contribution in [1.29, 1.82) is 5.26 Å². The van der Waals surface area contributed by atoms with E-state index in [1.54, 1.807) is 7.11 Å². The van der Waals surface area contributed by atoms with E-state index in [0.717, 1.165) is 41.8 Å². The fourth-order valence-corrected chi connectivity index (χ4v) is 2.11. The number of aromatic nitrogens is 2. The van der Waals surface area contributed by atoms with Crippen molar-refractivity contribution in [3.05, 3.63) is 36.2 Å². The Morgan fingerprint density at radius 3 is 2.90 bits per heavy atom. The number of hydrogen-bond acceptors (Lipinski definition) is 3. The highest BCUT2D eigenvalue weighted by Crippen LogP contribution is 2.27. The van der Waals surface area contributed by atoms with Crippen molar-refractivity contribution in [2.75, 3.05) is 7.11 Å². The third kappa shape index (κ3) is 3.18. The molecule has 4 nitrogen and oxygen atoms in total. The summed E-state index contributed by atoms with van der Waals surface area (Å²) in [5.41, 5.74) is 3.05. The lowest BCUT2D eigenvalue weighted by Crippen LogP contribution is -1.96. The zero-order valence-corrected chi connectivity index (χ0v) is 12.0. The van der Waals surface area contributed by atoms with Crippen molar-refractivity contribution in [1.82, 2.24) is 9.78 Å². The summed E-state index contributed by atoms with van der Waals surface area (Å²) < 4.78 is 7.32. The maximum atomic E-state index is 8.79. The molecule has 0 radical (unpaired) electrons. The average Bonchev–Trinajstić information content (AvgIpc) is 2.94. The van der Waals surface area contributed by atoms with Gasteiger partial charge in [-0.15, -0.1) is 0 Å². The Kier molecular flexibility index (Phi) is 4.78. The highest BCUT2D eigenvalue weighted by Gasteiger charge is 2.07. The summed E-state index contributed by atoms with van der Waals surface area (Å²) in [6.07, 6.45) is 6.57. The third-order valence-corrected chi connectivity index (χ3v) is 3.26. The molecule has 0 aliphatic heterocycles. The van der Waals surface area contributed by atoms with E-state index in [1.807, 2.05) is 35.3 Å². The number of hydrogen-bond donors (Lipinski definition) is 0. The Bertz CT molecular complexity index is 610. The fourth-order valence-electron chi connectivity index (χ4n) is 2.11. The summed E-state index contributed by atoms with van der Waals surface area (Å²) in [7, 11) is 1.63. The lowest BCUT2D eigenvalue weighted by atomic mass is 10.0. The van der Waals surface area contributed by atoms with Crippen molar-refractivity contribution >= 4 is 0 Å². The van der Waals surface area contributed by atoms with Gasteiger partial charge >= 0.3 is 0 Å². The molecule has 1 aromatic heterocycles. The first-order valence-electron chi connectivity index (χ1n) is 6.85. The quantitative estimate of drug-likeness (QED) is 0.807. The predicted octanol–water partition coefficient (Wildman–Crippen LogP) is 3.42. The van der Waals surface area contributed by atoms with Crippen molar-refractivity contribution in [2.45, 2.75) is 32.7 Å². The normalized spacial score (nSPS) is 10.2. The molecule has 2 rings (SSSR count). The summed E-state index contributed by atoms with van der Waals surface area (Å²) in [6.45, 7) is 3.11. The largest absolute Gasteiger partial charge is 0.496 e. The van der Waals surface area contributed by atoms with E-state index in [1.165, 1.54) is 0 Å². The molecule has 0 unspecified atom stereocenters. The number of aryl methyl sites for hydroxylation is 1. The molecule has 0 N–H and O–H groups in total. The van der Waals surface area contributed by atoms with E-state index in [4.69, 9.17) is 10.00 Å². The molecule has 0 fully saturated rings. The SMILES string of the molecule is CCCCn1cc(-c2ccc(CC#N)c(OC)c2)cn1. The van der Waals surface area contributed by atoms with Crippen LogP contribution in [0, 0.1) is 11.3 Å². The average molecular weight is 269 g/mol. The van der Waals surface area contributed by atoms with Crippen LogP contribution >= 0.6 is 0 Å². The molecule has 0 amide bonds. The van der Waals surface area contributed by atoms with Crippen LogP contribution in [0.2, 0.25) is 0 Å². The van der Waals surface area contributed by atoms with Crippen LogP contribution in [0.25, 0.3) is 11.1 Å². The topological polar surface area (TPSA) is 50.8 Å². The van der Waals surface area contributed by atoms with Crippen LogP contribution in [0.3, 0.4) is 0 Å². The number of unbranched alkanes of at least 4 members (excludes halogenated alkanes) is 1. The van der Waals surface area contributed by atoms with Gasteiger partial charge in [0.15, 0.2) is 0 Å². The van der Waals surface area contributed by atoms with E-state index in [9.17, 15) is 0 Å². The maximum absolute atomic E-state index is 8.79. The van der Waals surface area contributed by atoms with E-state index >= 15 is 0 Å². The number of nitrogens with zero attached hydrogens (tertiary/aromatic N) is 3. The smallest absolute Gasteiger partial charge is 0.123 e. The first-order valence-corrected chi connectivity index (χ1v) is 6.85. The lowest BCUT2D eigenvalue weighted by molar-refractivity contribution is 0.411. The Morgan fingerprint density at radius 2 is 2.20 bits per heavy atom. The van der Waals surface area contributed by atoms with Gasteiger partial charge in [-0.1, -0.05) is 25.5 Å². The Hall–Kier alpha value is -2.28. The zero-order chi connectivity index (χ0) is 14.4. The maximum Gasteiger partial charge on any atom is 0.123 e. The van der Waals surface area contributed by atoms with Crippen molar-refractivity contribution in [2.24, 2.45) is 0 Å². The van der Waals surface area contributed by atoms with Crippen molar-refractivity contribution in [3.63, 3.8) is 0 Å². The van der Waals surface area contributed by atoms with Gasteiger partial charge in [0.05, 0.1) is 25.8 Å². The second-order valence-electron chi connectivity index (χ2n) is 4.71. The van der Waals surface area contributed by atoms with Crippen LogP contribution < -0.4 is 4.74 Å². The van der Waals surface area contributed by atoms with Gasteiger partial charge in [0.25, 0.3) is 0 Å². The number of ether oxygens (including phenoxy) is 1. The van der Waals surface area contributed by atoms with E-state index in [2.05, 4.69) is 18.1 Å². The number of benzene rings is 1. The summed E-state index contributed by atoms with van der Waals surface area (Å²) in [4.78, 5) is 0. The summed E-state index contributed by atoms with van der Waals surface area (Å²) in [6, 6.07) is 8.07. The Labute approximate surface area is 119 Å². The monoisotopic (exact) mass is 269 g/mol. The molecule has 0 spiro atoms.